The molecule has 0 aromatic heterocycles. The molecule has 0 saturated heterocycles. The second-order valence-electron chi connectivity index (χ2n) is 13.4. The van der Waals surface area contributed by atoms with Crippen LogP contribution in [0.1, 0.15) is 87.8 Å². The molecule has 0 atom stereocenters. The van der Waals surface area contributed by atoms with Crippen LogP contribution in [0, 0.1) is 24.6 Å². The summed E-state index contributed by atoms with van der Waals surface area (Å²) in [6.45, 7) is 13.9. The fourth-order valence-corrected chi connectivity index (χ4v) is 6.53. The Morgan fingerprint density at radius 2 is 1.30 bits per heavy atom. The Hall–Kier alpha value is -2.38. The Labute approximate surface area is 338 Å². The number of rotatable bonds is 0. The molecule has 0 bridgehead atoms. The zero-order chi connectivity index (χ0) is 34.9. The van der Waals surface area contributed by atoms with Gasteiger partial charge in [-0.05, 0) is 70.2 Å². The number of allylic oxidation sites excluding steroid dienone is 8. The molecule has 5 heteroatoms. The first-order chi connectivity index (χ1) is 23.0. The zero-order valence-corrected chi connectivity index (χ0v) is 35.4. The summed E-state index contributed by atoms with van der Waals surface area (Å²) in [6.07, 6.45) is 19.3. The van der Waals surface area contributed by atoms with Crippen LogP contribution >= 0.6 is 48.0 Å². The van der Waals surface area contributed by atoms with Crippen molar-refractivity contribution < 1.29 is 24.2 Å². The van der Waals surface area contributed by atoms with Crippen molar-refractivity contribution in [3.05, 3.63) is 171 Å². The molecule has 4 aliphatic rings. The van der Waals surface area contributed by atoms with Gasteiger partial charge in [0.2, 0.25) is 0 Å². The van der Waals surface area contributed by atoms with Gasteiger partial charge in [-0.3, -0.25) is 6.08 Å². The van der Waals surface area contributed by atoms with Crippen LogP contribution in [0.15, 0.2) is 103 Å². The van der Waals surface area contributed by atoms with Crippen LogP contribution < -0.4 is 0 Å². The second-order valence-corrected chi connectivity index (χ2v) is 14.3. The van der Waals surface area contributed by atoms with Crippen molar-refractivity contribution in [1.82, 2.24) is 0 Å². The SMILES string of the molecule is CC1=C[CH-]C(C)(C)c2cc3c(cc21)-c1cc2c(cc1C3)C(C)(C)CC=C2C.Cl.Cl.Clc1c[c-]ccc1.Clc1c[c-]ccc1.[C-]1=CC=CC1.[CH2]=[Zr]. The van der Waals surface area contributed by atoms with Crippen molar-refractivity contribution in [2.75, 3.05) is 0 Å². The van der Waals surface area contributed by atoms with E-state index in [1.807, 2.05) is 48.6 Å². The van der Waals surface area contributed by atoms with E-state index in [1.165, 1.54) is 79.9 Å². The normalized spacial score (nSPS) is 15.3. The average molecular weight is 820 g/mol. The average Bonchev–Trinajstić information content (AvgIpc) is 3.78. The molecule has 4 aliphatic carbocycles. The first-order valence-corrected chi connectivity index (χ1v) is 18.8. The monoisotopic (exact) mass is 816 g/mol. The third kappa shape index (κ3) is 11.1. The standard InChI is InChI=1S/C27H29.2C6H4Cl.C5H5.CH2.2ClH.Zr/c1-16-7-9-26(3,4)24-12-18-11-19-13-25-21(17(2)8-10-27(25,5)6)15-23(19)22(18)14-20(16)24;2*7-6-4-2-1-3-5-6;1-2-4-5-3-1;;;;/h7-9,12-15H,10-11H2,1-6H3;2*1-2,4-5H;1-3H,4H2;1H2;2*1H;/q4*-1;;;;. The topological polar surface area (TPSA) is 0 Å². The molecule has 0 radical (unpaired) electrons. The van der Waals surface area contributed by atoms with Crippen LogP contribution in [0.3, 0.4) is 0 Å². The maximum atomic E-state index is 5.51. The summed E-state index contributed by atoms with van der Waals surface area (Å²) < 4.78 is 3.34. The minimum absolute atomic E-state index is 0. The summed E-state index contributed by atoms with van der Waals surface area (Å²) in [5.41, 5.74) is 15.0. The van der Waals surface area contributed by atoms with Crippen LogP contribution in [0.25, 0.3) is 22.3 Å². The number of halogens is 4. The summed E-state index contributed by atoms with van der Waals surface area (Å²) in [5, 5.41) is 1.48. The Bertz CT molecular complexity index is 1700. The fraction of sp³-hybridized carbons (Fsp3) is 0.244. The van der Waals surface area contributed by atoms with E-state index < -0.39 is 0 Å². The Kier molecular flexibility index (Phi) is 17.5. The molecule has 50 heavy (non-hydrogen) atoms. The van der Waals surface area contributed by atoms with Gasteiger partial charge in [-0.2, -0.15) is 95.5 Å². The Morgan fingerprint density at radius 3 is 1.72 bits per heavy atom. The van der Waals surface area contributed by atoms with E-state index >= 15 is 0 Å². The van der Waals surface area contributed by atoms with Crippen molar-refractivity contribution in [2.45, 2.75) is 71.6 Å². The molecule has 0 nitrogen and oxygen atoms in total. The van der Waals surface area contributed by atoms with Gasteiger partial charge in [0.05, 0.1) is 0 Å². The van der Waals surface area contributed by atoms with Gasteiger partial charge in [-0.25, -0.2) is 24.6 Å². The molecule has 4 aromatic rings. The second kappa shape index (κ2) is 20.0. The van der Waals surface area contributed by atoms with Crippen molar-refractivity contribution in [3.8, 4) is 11.1 Å². The van der Waals surface area contributed by atoms with E-state index in [1.54, 1.807) is 12.1 Å². The third-order valence-electron chi connectivity index (χ3n) is 9.02. The van der Waals surface area contributed by atoms with Crippen LogP contribution in [0.2, 0.25) is 10.0 Å². The summed E-state index contributed by atoms with van der Waals surface area (Å²) in [5.74, 6) is 0. The fourth-order valence-electron chi connectivity index (χ4n) is 6.26. The predicted octanol–water partition coefficient (Wildman–Crippen LogP) is 13.6. The van der Waals surface area contributed by atoms with Crippen LogP contribution in [0.5, 0.6) is 0 Å². The van der Waals surface area contributed by atoms with Crippen molar-refractivity contribution >= 4 is 63.4 Å². The van der Waals surface area contributed by atoms with Gasteiger partial charge in [0.15, 0.2) is 0 Å². The minimum atomic E-state index is 0. The Balaban J connectivity index is 0.000000307. The Morgan fingerprint density at radius 1 is 0.760 bits per heavy atom. The number of hydrogen-bond donors (Lipinski definition) is 0. The molecule has 0 spiro atoms. The summed E-state index contributed by atoms with van der Waals surface area (Å²) in [6, 6.07) is 30.0. The van der Waals surface area contributed by atoms with Crippen LogP contribution in [0.4, 0.5) is 0 Å². The molecular formula is C45H46Cl4Zr-4. The van der Waals surface area contributed by atoms with Gasteiger partial charge in [-0.15, -0.1) is 43.7 Å². The number of hydrogen-bond acceptors (Lipinski definition) is 0. The molecule has 0 saturated carbocycles. The van der Waals surface area contributed by atoms with Gasteiger partial charge >= 0.3 is 28.4 Å². The van der Waals surface area contributed by atoms with E-state index in [-0.39, 0.29) is 35.6 Å². The summed E-state index contributed by atoms with van der Waals surface area (Å²) in [4.78, 5) is 0. The summed E-state index contributed by atoms with van der Waals surface area (Å²) >= 11 is 12.3. The molecule has 262 valence electrons. The van der Waals surface area contributed by atoms with Crippen LogP contribution in [-0.4, -0.2) is 4.21 Å². The van der Waals surface area contributed by atoms with E-state index in [9.17, 15) is 0 Å². The summed E-state index contributed by atoms with van der Waals surface area (Å²) in [7, 11) is 0. The van der Waals surface area contributed by atoms with E-state index in [0.29, 0.717) is 0 Å². The molecule has 0 amide bonds. The number of fused-ring (bicyclic) bond motifs is 5. The van der Waals surface area contributed by atoms with Crippen molar-refractivity contribution in [3.63, 3.8) is 0 Å². The van der Waals surface area contributed by atoms with Gasteiger partial charge in [0.25, 0.3) is 0 Å². The van der Waals surface area contributed by atoms with Gasteiger partial charge in [0, 0.05) is 0 Å². The van der Waals surface area contributed by atoms with Crippen molar-refractivity contribution in [2.24, 2.45) is 0 Å². The van der Waals surface area contributed by atoms with Gasteiger partial charge < -0.3 is 0 Å². The molecule has 4 aromatic carbocycles. The molecule has 8 rings (SSSR count). The van der Waals surface area contributed by atoms with E-state index in [2.05, 4.69) is 113 Å². The first kappa shape index (κ1) is 43.8. The van der Waals surface area contributed by atoms with E-state index in [0.717, 1.165) is 29.3 Å². The first-order valence-electron chi connectivity index (χ1n) is 16.3. The van der Waals surface area contributed by atoms with Gasteiger partial charge in [-0.1, -0.05) is 73.0 Å². The maximum absolute atomic E-state index is 5.51. The van der Waals surface area contributed by atoms with Gasteiger partial charge in [0.1, 0.15) is 0 Å². The molecule has 0 aliphatic heterocycles. The van der Waals surface area contributed by atoms with Crippen molar-refractivity contribution in [1.29, 1.82) is 0 Å². The third-order valence-corrected chi connectivity index (χ3v) is 9.49. The molecule has 0 heterocycles. The van der Waals surface area contributed by atoms with E-state index in [4.69, 9.17) is 23.2 Å². The molecule has 0 N–H and O–H groups in total. The quantitative estimate of drug-likeness (QED) is 0.137. The number of benzene rings is 4. The molecule has 0 unspecified atom stereocenters. The molecule has 0 fully saturated rings. The van der Waals surface area contributed by atoms with Crippen LogP contribution in [-0.2, 0) is 41.5 Å². The molecular weight excluding hydrogens is 774 g/mol. The predicted molar refractivity (Wildman–Crippen MR) is 221 cm³/mol. The zero-order valence-electron chi connectivity index (χ0n) is 29.8.